The van der Waals surface area contributed by atoms with Gasteiger partial charge in [-0.2, -0.15) is 0 Å². The van der Waals surface area contributed by atoms with E-state index in [9.17, 15) is 4.79 Å². The molecule has 0 radical (unpaired) electrons. The van der Waals surface area contributed by atoms with Crippen molar-refractivity contribution in [1.82, 2.24) is 0 Å². The second-order valence-electron chi connectivity index (χ2n) is 4.43. The fourth-order valence-corrected chi connectivity index (χ4v) is 2.00. The van der Waals surface area contributed by atoms with Crippen LogP contribution in [0.15, 0.2) is 18.2 Å². The largest absolute Gasteiger partial charge is 0.426 e. The van der Waals surface area contributed by atoms with Gasteiger partial charge in [0.1, 0.15) is 5.75 Å². The molecule has 0 fully saturated rings. The van der Waals surface area contributed by atoms with E-state index in [0.717, 1.165) is 30.0 Å². The molecule has 0 amide bonds. The van der Waals surface area contributed by atoms with Crippen LogP contribution in [0.2, 0.25) is 0 Å². The molecule has 0 saturated heterocycles. The van der Waals surface area contributed by atoms with Crippen molar-refractivity contribution in [3.05, 3.63) is 23.8 Å². The van der Waals surface area contributed by atoms with Crippen LogP contribution in [-0.2, 0) is 11.2 Å². The lowest BCUT2D eigenvalue weighted by molar-refractivity contribution is -0.135. The third kappa shape index (κ3) is 3.22. The molecule has 0 saturated carbocycles. The maximum atomic E-state index is 11.1. The zero-order valence-corrected chi connectivity index (χ0v) is 10.3. The molecular formula is C14H19NO2. The Bertz CT molecular complexity index is 401. The van der Waals surface area contributed by atoms with Crippen molar-refractivity contribution in [2.24, 2.45) is 0 Å². The molecule has 1 aromatic rings. The number of anilines is 1. The van der Waals surface area contributed by atoms with Crippen molar-refractivity contribution in [2.45, 2.75) is 39.0 Å². The number of esters is 1. The molecule has 3 nitrogen and oxygen atoms in total. The Labute approximate surface area is 102 Å². The number of carbonyl (C=O) groups is 1. The lowest BCUT2D eigenvalue weighted by atomic mass is 10.1. The molecule has 0 bridgehead atoms. The number of hydrogen-bond donors (Lipinski definition) is 1. The Morgan fingerprint density at radius 3 is 3.00 bits per heavy atom. The predicted octanol–water partition coefficient (Wildman–Crippen LogP) is 3.14. The molecule has 1 N–H and O–H groups in total. The monoisotopic (exact) mass is 233 g/mol. The summed E-state index contributed by atoms with van der Waals surface area (Å²) in [4.78, 5) is 11.1. The van der Waals surface area contributed by atoms with Crippen molar-refractivity contribution in [3.63, 3.8) is 0 Å². The zero-order chi connectivity index (χ0) is 12.1. The van der Waals surface area contributed by atoms with E-state index >= 15 is 0 Å². The molecule has 0 unspecified atom stereocenters. The first kappa shape index (κ1) is 12.0. The van der Waals surface area contributed by atoms with Gasteiger partial charge in [0, 0.05) is 12.2 Å². The molecule has 0 aromatic heterocycles. The molecule has 1 aliphatic rings. The van der Waals surface area contributed by atoms with E-state index in [2.05, 4.69) is 18.3 Å². The first-order chi connectivity index (χ1) is 8.29. The van der Waals surface area contributed by atoms with E-state index in [4.69, 9.17) is 4.74 Å². The molecule has 1 aromatic carbocycles. The number of rotatable bonds is 5. The van der Waals surface area contributed by atoms with Crippen LogP contribution in [0.25, 0.3) is 0 Å². The van der Waals surface area contributed by atoms with Gasteiger partial charge in [-0.1, -0.05) is 19.8 Å². The van der Waals surface area contributed by atoms with Gasteiger partial charge < -0.3 is 10.1 Å². The molecule has 1 aliphatic heterocycles. The van der Waals surface area contributed by atoms with Crippen molar-refractivity contribution in [1.29, 1.82) is 0 Å². The molecular weight excluding hydrogens is 214 g/mol. The van der Waals surface area contributed by atoms with E-state index in [1.165, 1.54) is 19.3 Å². The van der Waals surface area contributed by atoms with Gasteiger partial charge in [-0.3, -0.25) is 4.79 Å². The zero-order valence-electron chi connectivity index (χ0n) is 10.3. The van der Waals surface area contributed by atoms with E-state index in [0.29, 0.717) is 6.42 Å². The molecule has 0 atom stereocenters. The number of ether oxygens (including phenoxy) is 1. The van der Waals surface area contributed by atoms with E-state index < -0.39 is 0 Å². The number of fused-ring (bicyclic) bond motifs is 1. The molecule has 3 heteroatoms. The van der Waals surface area contributed by atoms with Gasteiger partial charge in [-0.05, 0) is 36.6 Å². The molecule has 0 aliphatic carbocycles. The van der Waals surface area contributed by atoms with Gasteiger partial charge in [0.15, 0.2) is 0 Å². The number of hydrogen-bond acceptors (Lipinski definition) is 3. The van der Waals surface area contributed by atoms with Crippen LogP contribution in [0, 0.1) is 0 Å². The first-order valence-corrected chi connectivity index (χ1v) is 6.37. The minimum atomic E-state index is -0.124. The van der Waals surface area contributed by atoms with Crippen LogP contribution in [0.5, 0.6) is 5.75 Å². The fourth-order valence-electron chi connectivity index (χ4n) is 2.00. The van der Waals surface area contributed by atoms with E-state index in [1.54, 1.807) is 0 Å². The average molecular weight is 233 g/mol. The summed E-state index contributed by atoms with van der Waals surface area (Å²) in [5.74, 6) is 0.599. The van der Waals surface area contributed by atoms with E-state index in [-0.39, 0.29) is 5.97 Å². The summed E-state index contributed by atoms with van der Waals surface area (Å²) < 4.78 is 5.16. The van der Waals surface area contributed by atoms with Crippen LogP contribution >= 0.6 is 0 Å². The smallest absolute Gasteiger partial charge is 0.311 e. The topological polar surface area (TPSA) is 38.3 Å². The number of nitrogens with one attached hydrogen (secondary N) is 1. The predicted molar refractivity (Wildman–Crippen MR) is 68.4 cm³/mol. The molecule has 92 valence electrons. The summed E-state index contributed by atoms with van der Waals surface area (Å²) in [6, 6.07) is 5.95. The van der Waals surface area contributed by atoms with Crippen LogP contribution in [-0.4, -0.2) is 12.5 Å². The standard InChI is InChI=1S/C14H19NO2/c1-2-3-4-9-15-12-6-7-13-11(10-12)5-8-14(16)17-13/h6-7,10,15H,2-5,8-9H2,1H3. The molecule has 1 heterocycles. The molecule has 17 heavy (non-hydrogen) atoms. The maximum absolute atomic E-state index is 11.1. The lowest BCUT2D eigenvalue weighted by Gasteiger charge is -2.16. The summed E-state index contributed by atoms with van der Waals surface area (Å²) in [6.07, 6.45) is 4.98. The Kier molecular flexibility index (Phi) is 4.02. The Morgan fingerprint density at radius 2 is 2.18 bits per heavy atom. The van der Waals surface area contributed by atoms with Gasteiger partial charge in [0.05, 0.1) is 6.42 Å². The van der Waals surface area contributed by atoms with Crippen molar-refractivity contribution in [3.8, 4) is 5.75 Å². The Balaban J connectivity index is 1.94. The highest BCUT2D eigenvalue weighted by atomic mass is 16.5. The van der Waals surface area contributed by atoms with Crippen molar-refractivity contribution >= 4 is 11.7 Å². The molecule has 2 rings (SSSR count). The summed E-state index contributed by atoms with van der Waals surface area (Å²) >= 11 is 0. The van der Waals surface area contributed by atoms with Crippen LogP contribution < -0.4 is 10.1 Å². The normalized spacial score (nSPS) is 14.1. The SMILES string of the molecule is CCCCCNc1ccc2c(c1)CCC(=O)O2. The van der Waals surface area contributed by atoms with Gasteiger partial charge >= 0.3 is 5.97 Å². The minimum absolute atomic E-state index is 0.124. The van der Waals surface area contributed by atoms with Crippen molar-refractivity contribution < 1.29 is 9.53 Å². The quantitative estimate of drug-likeness (QED) is 0.482. The number of carbonyl (C=O) groups excluding carboxylic acids is 1. The summed E-state index contributed by atoms with van der Waals surface area (Å²) in [7, 11) is 0. The van der Waals surface area contributed by atoms with Crippen molar-refractivity contribution in [2.75, 3.05) is 11.9 Å². The van der Waals surface area contributed by atoms with Crippen LogP contribution in [0.1, 0.15) is 38.2 Å². The average Bonchev–Trinajstić information content (AvgIpc) is 2.35. The second-order valence-corrected chi connectivity index (χ2v) is 4.43. The first-order valence-electron chi connectivity index (χ1n) is 6.37. The fraction of sp³-hybridized carbons (Fsp3) is 0.500. The molecule has 0 spiro atoms. The third-order valence-corrected chi connectivity index (χ3v) is 2.99. The third-order valence-electron chi connectivity index (χ3n) is 2.99. The number of benzene rings is 1. The summed E-state index contributed by atoms with van der Waals surface area (Å²) in [5, 5.41) is 3.40. The van der Waals surface area contributed by atoms with E-state index in [1.807, 2.05) is 12.1 Å². The highest BCUT2D eigenvalue weighted by Crippen LogP contribution is 2.27. The van der Waals surface area contributed by atoms with Crippen LogP contribution in [0.4, 0.5) is 5.69 Å². The number of unbranched alkanes of at least 4 members (excludes halogenated alkanes) is 2. The van der Waals surface area contributed by atoms with Gasteiger partial charge in [0.2, 0.25) is 0 Å². The highest BCUT2D eigenvalue weighted by molar-refractivity contribution is 5.75. The van der Waals surface area contributed by atoms with Gasteiger partial charge in [-0.25, -0.2) is 0 Å². The second kappa shape index (κ2) is 5.71. The van der Waals surface area contributed by atoms with Crippen LogP contribution in [0.3, 0.4) is 0 Å². The Hall–Kier alpha value is -1.51. The van der Waals surface area contributed by atoms with Gasteiger partial charge in [-0.15, -0.1) is 0 Å². The summed E-state index contributed by atoms with van der Waals surface area (Å²) in [5.41, 5.74) is 2.25. The van der Waals surface area contributed by atoms with Gasteiger partial charge in [0.25, 0.3) is 0 Å². The maximum Gasteiger partial charge on any atom is 0.311 e. The minimum Gasteiger partial charge on any atom is -0.426 e. The Morgan fingerprint density at radius 1 is 1.29 bits per heavy atom. The highest BCUT2D eigenvalue weighted by Gasteiger charge is 2.16. The lowest BCUT2D eigenvalue weighted by Crippen LogP contribution is -2.15. The number of aryl methyl sites for hydroxylation is 1. The summed E-state index contributed by atoms with van der Waals surface area (Å²) in [6.45, 7) is 3.21.